The number of carbonyl (C=O) groups excluding carboxylic acids is 8. The van der Waals surface area contributed by atoms with Crippen LogP contribution in [0, 0.1) is 0 Å². The number of carboxylic acids is 8. The van der Waals surface area contributed by atoms with Crippen molar-refractivity contribution in [3.05, 3.63) is 50.6 Å². The summed E-state index contributed by atoms with van der Waals surface area (Å²) in [5.41, 5.74) is 0. The zero-order chi connectivity index (χ0) is 72.1. The van der Waals surface area contributed by atoms with Gasteiger partial charge in [-0.1, -0.05) is 31.2 Å². The van der Waals surface area contributed by atoms with Gasteiger partial charge in [-0.2, -0.15) is 38.4 Å². The predicted molar refractivity (Wildman–Crippen MR) is 306 cm³/mol. The minimum atomic E-state index is -1.30. The maximum atomic E-state index is 11.6. The molecule has 0 amide bonds. The van der Waals surface area contributed by atoms with Gasteiger partial charge in [-0.05, 0) is 6.54 Å². The average molecular weight is 1330 g/mol. The molecule has 1 aliphatic heterocycles. The van der Waals surface area contributed by atoms with Gasteiger partial charge in [-0.15, -0.1) is 26.3 Å². The number of aliphatic hydroxyl groups excluding tert-OH is 3. The number of carbonyl (C=O) groups is 8. The van der Waals surface area contributed by atoms with E-state index in [-0.39, 0.29) is 123 Å². The predicted octanol–water partition coefficient (Wildman–Crippen LogP) is -4.67. The topological polar surface area (TPSA) is 591 Å². The van der Waals surface area contributed by atoms with E-state index in [0.717, 1.165) is 13.2 Å². The Morgan fingerprint density at radius 3 is 1.22 bits per heavy atom. The van der Waals surface area contributed by atoms with Gasteiger partial charge in [0.05, 0.1) is 110 Å². The fourth-order valence-corrected chi connectivity index (χ4v) is 6.34. The molecule has 1 fully saturated rings. The number of rotatable bonds is 50. The highest BCUT2D eigenvalue weighted by Gasteiger charge is 2.30. The number of aliphatic hydroxyl groups is 3. The summed E-state index contributed by atoms with van der Waals surface area (Å²) in [6, 6.07) is -3.66. The Morgan fingerprint density at radius 2 is 0.870 bits per heavy atom. The number of nitrogens with one attached hydrogen (secondary N) is 3. The molecule has 7 atom stereocenters. The van der Waals surface area contributed by atoms with Crippen LogP contribution in [-0.4, -0.2) is 324 Å². The van der Waals surface area contributed by atoms with Crippen molar-refractivity contribution in [2.24, 2.45) is 0 Å². The van der Waals surface area contributed by atoms with Crippen molar-refractivity contribution < 1.29 is 157 Å². The Bertz CT molecular complexity index is 2120. The third kappa shape index (κ3) is 79.7. The molecule has 0 aliphatic carbocycles. The summed E-state index contributed by atoms with van der Waals surface area (Å²) in [7, 11) is 0. The van der Waals surface area contributed by atoms with Crippen LogP contribution in [0.25, 0.3) is 0 Å². The third-order valence-corrected chi connectivity index (χ3v) is 10.2. The highest BCUT2D eigenvalue weighted by Crippen LogP contribution is 2.10. The van der Waals surface area contributed by atoms with Gasteiger partial charge in [-0.25, -0.2) is 0 Å². The molecule has 7 unspecified atom stereocenters. The summed E-state index contributed by atoms with van der Waals surface area (Å²) in [6.45, 7) is 22.2. The smallest absolute Gasteiger partial charge is 0.373 e. The fourth-order valence-electron chi connectivity index (χ4n) is 6.34. The fraction of sp³-hybridized carbons (Fsp3) is 0.630. The van der Waals surface area contributed by atoms with E-state index in [1.807, 2.05) is 11.8 Å². The Morgan fingerprint density at radius 1 is 0.489 bits per heavy atom. The van der Waals surface area contributed by atoms with Crippen LogP contribution in [0.3, 0.4) is 0 Å². The van der Waals surface area contributed by atoms with Gasteiger partial charge in [0.25, 0.3) is 0 Å². The van der Waals surface area contributed by atoms with Crippen LogP contribution < -0.4 is 16.0 Å². The lowest BCUT2D eigenvalue weighted by atomic mass is 10.1. The van der Waals surface area contributed by atoms with Crippen molar-refractivity contribution in [1.29, 1.82) is 0 Å². The van der Waals surface area contributed by atoms with Crippen molar-refractivity contribution in [2.45, 2.75) is 81.6 Å². The molecule has 1 rings (SSSR count). The third-order valence-electron chi connectivity index (χ3n) is 10.2. The molecular weight excluding hydrogens is 1240 g/mol. The van der Waals surface area contributed by atoms with Crippen molar-refractivity contribution in [3.63, 3.8) is 0 Å². The van der Waals surface area contributed by atoms with Crippen LogP contribution in [0.2, 0.25) is 0 Å². The number of ether oxygens (including phenoxy) is 5. The van der Waals surface area contributed by atoms with E-state index >= 15 is 0 Å². The molecule has 1 aliphatic rings. The van der Waals surface area contributed by atoms with Crippen LogP contribution in [-0.2, 0) is 100 Å². The molecule has 14 N–H and O–H groups in total. The summed E-state index contributed by atoms with van der Waals surface area (Å²) < 4.78 is 25.5. The highest BCUT2D eigenvalue weighted by atomic mass is 16.6. The monoisotopic (exact) mass is 1330 g/mol. The number of aliphatic carboxylic acids is 8. The standard InChI is InChI=1S/C20H36N2O8.C15H26N2O8.C9H16N2O6.C6H10O2.4CO2/c1-4-9-29-14-16(23)12-21(6-3)7-8-22(13-17(24)15-30-10-5-2)18(20(27)28)11-19(25)26;1-2-7-25-10-11(18)9-17(5-3-13(19)20)6-4-16-12(15(23)24)8-14(21)22;12-7(13)1-2-10-3-4-11-6(9(16)17)5-8(14)15;1-2-3-7-4-6-5-8-6;4*2-1-3/h4-5,16-18,23-24H,1-2,6-15H2,3H3,(H,25,26)(H,27,28);2,11-12,16,18H,1,3-10H2,(H,19,20)(H,21,22)(H,23,24);6,10-11H,1-5H2,(H,12,13)(H,14,15)(H,16,17);2,6H,1,3-5H2;;;;. The lowest BCUT2D eigenvalue weighted by molar-refractivity contribution is -0.193. The molecule has 38 heteroatoms. The summed E-state index contributed by atoms with van der Waals surface area (Å²) in [5, 5.41) is 108. The van der Waals surface area contributed by atoms with E-state index in [1.54, 1.807) is 17.1 Å². The van der Waals surface area contributed by atoms with Gasteiger partial charge < -0.3 is 95.8 Å². The van der Waals surface area contributed by atoms with E-state index in [4.69, 9.17) is 97.8 Å². The zero-order valence-corrected chi connectivity index (χ0v) is 50.9. The van der Waals surface area contributed by atoms with E-state index in [1.165, 1.54) is 17.1 Å². The lowest BCUT2D eigenvalue weighted by Gasteiger charge is -2.32. The number of likely N-dealkylation sites (N-methyl/N-ethyl adjacent to an activating group) is 1. The molecular formula is C54H88N6O32. The maximum absolute atomic E-state index is 11.6. The molecule has 0 bridgehead atoms. The average Bonchev–Trinajstić information content (AvgIpc) is 1.64. The molecule has 1 saturated heterocycles. The van der Waals surface area contributed by atoms with Crippen LogP contribution in [0.15, 0.2) is 50.6 Å². The summed E-state index contributed by atoms with van der Waals surface area (Å²) in [5.74, 6) is -9.37. The molecule has 0 spiro atoms. The van der Waals surface area contributed by atoms with Crippen molar-refractivity contribution in [2.75, 3.05) is 138 Å². The molecule has 0 radical (unpaired) electrons. The normalized spacial score (nSPS) is 13.1. The highest BCUT2D eigenvalue weighted by molar-refractivity contribution is 5.81. The number of hydrogen-bond acceptors (Lipinski definition) is 30. The number of hydrogen-bond donors (Lipinski definition) is 14. The molecule has 92 heavy (non-hydrogen) atoms. The second-order valence-corrected chi connectivity index (χ2v) is 17.6. The molecule has 0 saturated carbocycles. The van der Waals surface area contributed by atoms with E-state index in [2.05, 4.69) is 42.3 Å². The van der Waals surface area contributed by atoms with E-state index in [9.17, 15) is 58.8 Å². The summed E-state index contributed by atoms with van der Waals surface area (Å²) >= 11 is 0. The number of carboxylic acid groups (broad SMARTS) is 8. The van der Waals surface area contributed by atoms with Gasteiger partial charge in [0.1, 0.15) is 24.2 Å². The second kappa shape index (κ2) is 71.8. The zero-order valence-electron chi connectivity index (χ0n) is 50.9. The largest absolute Gasteiger partial charge is 0.481 e. The first-order valence-corrected chi connectivity index (χ1v) is 27.0. The van der Waals surface area contributed by atoms with E-state index in [0.29, 0.717) is 45.5 Å². The number of epoxide rings is 1. The van der Waals surface area contributed by atoms with Gasteiger partial charge in [-0.3, -0.25) is 53.1 Å². The van der Waals surface area contributed by atoms with Crippen LogP contribution in [0.1, 0.15) is 39.0 Å². The molecule has 526 valence electrons. The van der Waals surface area contributed by atoms with E-state index < -0.39 is 103 Å². The molecule has 0 aromatic carbocycles. The Labute approximate surface area is 528 Å². The van der Waals surface area contributed by atoms with Gasteiger partial charge in [0, 0.05) is 72.0 Å². The summed E-state index contributed by atoms with van der Waals surface area (Å²) in [4.78, 5) is 156. The number of nitrogens with zero attached hydrogens (tertiary/aromatic N) is 3. The second-order valence-electron chi connectivity index (χ2n) is 17.6. The molecule has 38 nitrogen and oxygen atoms in total. The van der Waals surface area contributed by atoms with Gasteiger partial charge in [0.2, 0.25) is 0 Å². The van der Waals surface area contributed by atoms with Crippen molar-refractivity contribution in [1.82, 2.24) is 30.7 Å². The van der Waals surface area contributed by atoms with Crippen molar-refractivity contribution >= 4 is 72.4 Å². The minimum Gasteiger partial charge on any atom is -0.481 e. The molecule has 0 aromatic rings. The van der Waals surface area contributed by atoms with Crippen LogP contribution in [0.5, 0.6) is 0 Å². The minimum absolute atomic E-state index is 0.0164. The quantitative estimate of drug-likeness (QED) is 0.0155. The SMILES string of the molecule is C=CCOCC(O)CN(CC)CCN(CC(O)COCC=C)C(CC(=O)O)C(=O)O.C=CCOCC(O)CN(CCNC(CC(=O)O)C(=O)O)CCC(=O)O.C=CCOCC1CO1.O=C(O)CCNCCNC(CC(=O)O)C(=O)O.O=C=O.O=C=O.O=C=O.O=C=O. The Kier molecular flexibility index (Phi) is 75.9. The Hall–Kier alpha value is -8.32. The van der Waals surface area contributed by atoms with Gasteiger partial charge in [0.15, 0.2) is 0 Å². The first-order valence-electron chi connectivity index (χ1n) is 27.0. The Balaban J connectivity index is -0.000000208. The van der Waals surface area contributed by atoms with Crippen LogP contribution >= 0.6 is 0 Å². The molecule has 0 aromatic heterocycles. The lowest BCUT2D eigenvalue weighted by Crippen LogP contribution is -2.50. The maximum Gasteiger partial charge on any atom is 0.373 e. The van der Waals surface area contributed by atoms with Gasteiger partial charge >= 0.3 is 72.4 Å². The first-order chi connectivity index (χ1) is 43.5. The van der Waals surface area contributed by atoms with Crippen LogP contribution in [0.4, 0.5) is 0 Å². The molecule has 1 heterocycles. The van der Waals surface area contributed by atoms with Crippen molar-refractivity contribution in [3.8, 4) is 0 Å². The summed E-state index contributed by atoms with van der Waals surface area (Å²) in [6.07, 6.45) is 3.38. The first kappa shape index (κ1) is 97.3.